The maximum absolute atomic E-state index is 14.0. The molecule has 1 aromatic heterocycles. The van der Waals surface area contributed by atoms with Crippen molar-refractivity contribution in [3.63, 3.8) is 0 Å². The summed E-state index contributed by atoms with van der Waals surface area (Å²) in [5.74, 6) is 1.05. The molecule has 41 heavy (non-hydrogen) atoms. The maximum atomic E-state index is 14.0. The number of benzene rings is 3. The predicted molar refractivity (Wildman–Crippen MR) is 156 cm³/mol. The number of nitrogens with one attached hydrogen (secondary N) is 1. The van der Waals surface area contributed by atoms with E-state index >= 15 is 0 Å². The molecule has 2 aliphatic rings. The number of aromatic nitrogens is 2. The molecule has 10 heteroatoms. The second-order valence-electron chi connectivity index (χ2n) is 10.0. The first-order valence-electron chi connectivity index (χ1n) is 13.5. The molecule has 0 saturated heterocycles. The van der Waals surface area contributed by atoms with E-state index in [-0.39, 0.29) is 48.0 Å². The molecule has 0 radical (unpaired) electrons. The number of carbonyl (C=O) groups excluding carboxylic acids is 2. The van der Waals surface area contributed by atoms with Crippen LogP contribution in [0.2, 0.25) is 0 Å². The van der Waals surface area contributed by atoms with E-state index in [0.717, 1.165) is 23.1 Å². The zero-order valence-electron chi connectivity index (χ0n) is 22.7. The number of nitrogens with zero attached hydrogens (tertiary/aromatic N) is 3. The van der Waals surface area contributed by atoms with Crippen LogP contribution in [-0.4, -0.2) is 46.7 Å². The van der Waals surface area contributed by atoms with Crippen molar-refractivity contribution >= 4 is 29.4 Å². The summed E-state index contributed by atoms with van der Waals surface area (Å²) in [6.45, 7) is 3.89. The smallest absolute Gasteiger partial charge is 0.240 e. The van der Waals surface area contributed by atoms with Crippen LogP contribution < -0.4 is 19.7 Å². The van der Waals surface area contributed by atoms with Crippen LogP contribution in [0, 0.1) is 5.82 Å². The average molecular weight is 573 g/mol. The minimum atomic E-state index is -0.384. The molecule has 0 fully saturated rings. The molecule has 2 aliphatic heterocycles. The number of ether oxygens (including phenoxy) is 2. The van der Waals surface area contributed by atoms with Gasteiger partial charge in [-0.15, -0.1) is 11.8 Å². The van der Waals surface area contributed by atoms with Crippen LogP contribution in [0.15, 0.2) is 72.8 Å². The highest BCUT2D eigenvalue weighted by molar-refractivity contribution is 8.00. The molecule has 2 unspecified atom stereocenters. The maximum Gasteiger partial charge on any atom is 0.240 e. The Morgan fingerprint density at radius 1 is 1.10 bits per heavy atom. The van der Waals surface area contributed by atoms with Gasteiger partial charge < -0.3 is 14.8 Å². The number of amides is 2. The highest BCUT2D eigenvalue weighted by atomic mass is 32.2. The van der Waals surface area contributed by atoms with Crippen molar-refractivity contribution in [1.82, 2.24) is 15.1 Å². The van der Waals surface area contributed by atoms with Crippen LogP contribution in [0.1, 0.15) is 36.6 Å². The molecule has 8 nitrogen and oxygen atoms in total. The number of carbonyl (C=O) groups is 2. The Hall–Kier alpha value is -4.31. The van der Waals surface area contributed by atoms with Gasteiger partial charge in [0.1, 0.15) is 18.2 Å². The fourth-order valence-electron chi connectivity index (χ4n) is 5.00. The van der Waals surface area contributed by atoms with Crippen LogP contribution in [0.3, 0.4) is 0 Å². The second kappa shape index (κ2) is 11.3. The lowest BCUT2D eigenvalue weighted by molar-refractivity contribution is -0.123. The van der Waals surface area contributed by atoms with Gasteiger partial charge in [-0.25, -0.2) is 9.07 Å². The van der Waals surface area contributed by atoms with E-state index in [1.54, 1.807) is 16.8 Å². The van der Waals surface area contributed by atoms with Gasteiger partial charge in [-0.2, -0.15) is 5.10 Å². The van der Waals surface area contributed by atoms with E-state index in [1.165, 1.54) is 28.8 Å². The number of rotatable bonds is 7. The summed E-state index contributed by atoms with van der Waals surface area (Å²) < 4.78 is 26.8. The highest BCUT2D eigenvalue weighted by Crippen LogP contribution is 2.50. The van der Waals surface area contributed by atoms with Crippen molar-refractivity contribution in [3.8, 4) is 28.4 Å². The highest BCUT2D eigenvalue weighted by Gasteiger charge is 2.38. The van der Waals surface area contributed by atoms with Crippen LogP contribution in [0.4, 0.5) is 10.2 Å². The monoisotopic (exact) mass is 572 g/mol. The van der Waals surface area contributed by atoms with Crippen molar-refractivity contribution in [2.24, 2.45) is 0 Å². The van der Waals surface area contributed by atoms with E-state index in [9.17, 15) is 14.0 Å². The fraction of sp³-hybridized carbons (Fsp3) is 0.258. The van der Waals surface area contributed by atoms with E-state index in [1.807, 2.05) is 62.4 Å². The van der Waals surface area contributed by atoms with Gasteiger partial charge in [0.05, 0.1) is 22.4 Å². The summed E-state index contributed by atoms with van der Waals surface area (Å²) in [6.07, 6.45) is 0.763. The zero-order chi connectivity index (χ0) is 28.5. The normalized spacial score (nSPS) is 16.7. The number of hydrogen-bond acceptors (Lipinski definition) is 6. The van der Waals surface area contributed by atoms with Gasteiger partial charge in [0, 0.05) is 17.2 Å². The molecule has 6 rings (SSSR count). The van der Waals surface area contributed by atoms with Gasteiger partial charge in [-0.1, -0.05) is 43.3 Å². The number of hydrogen-bond donors (Lipinski definition) is 1. The SMILES string of the molecule is CCC(C)NC(=O)CN1C(=O)CSC(c2ccc3c(c2)OCO3)c2c(-c3ccccc3)nn(-c3ccc(F)cc3)c21. The van der Waals surface area contributed by atoms with Crippen LogP contribution >= 0.6 is 11.8 Å². The Balaban J connectivity index is 1.58. The molecule has 0 bridgehead atoms. The number of anilines is 1. The predicted octanol–water partition coefficient (Wildman–Crippen LogP) is 5.49. The third-order valence-electron chi connectivity index (χ3n) is 7.23. The molecule has 4 aromatic rings. The number of fused-ring (bicyclic) bond motifs is 2. The van der Waals surface area contributed by atoms with Gasteiger partial charge in [-0.05, 0) is 55.3 Å². The molecule has 2 amide bonds. The van der Waals surface area contributed by atoms with Crippen LogP contribution in [0.25, 0.3) is 16.9 Å². The van der Waals surface area contributed by atoms with Crippen LogP contribution in [-0.2, 0) is 9.59 Å². The lowest BCUT2D eigenvalue weighted by Crippen LogP contribution is -2.44. The molecular formula is C31H29FN4O4S. The molecule has 3 aromatic carbocycles. The van der Waals surface area contributed by atoms with Crippen molar-refractivity contribution in [2.75, 3.05) is 24.0 Å². The molecular weight excluding hydrogens is 543 g/mol. The van der Waals surface area contributed by atoms with Gasteiger partial charge in [-0.3, -0.25) is 14.5 Å². The van der Waals surface area contributed by atoms with E-state index in [2.05, 4.69) is 5.32 Å². The Morgan fingerprint density at radius 2 is 1.85 bits per heavy atom. The third kappa shape index (κ3) is 5.27. The first-order chi connectivity index (χ1) is 19.9. The van der Waals surface area contributed by atoms with Crippen molar-refractivity contribution < 1.29 is 23.5 Å². The van der Waals surface area contributed by atoms with Crippen molar-refractivity contribution in [1.29, 1.82) is 0 Å². The number of halogens is 1. The fourth-order valence-corrected chi connectivity index (χ4v) is 6.18. The largest absolute Gasteiger partial charge is 0.454 e. The number of thioether (sulfide) groups is 1. The van der Waals surface area contributed by atoms with E-state index < -0.39 is 0 Å². The molecule has 210 valence electrons. The molecule has 3 heterocycles. The quantitative estimate of drug-likeness (QED) is 0.315. The molecule has 0 aliphatic carbocycles. The third-order valence-corrected chi connectivity index (χ3v) is 8.48. The Morgan fingerprint density at radius 3 is 2.61 bits per heavy atom. The van der Waals surface area contributed by atoms with Crippen molar-refractivity contribution in [3.05, 3.63) is 89.7 Å². The Kier molecular flexibility index (Phi) is 7.40. The molecule has 0 spiro atoms. The summed E-state index contributed by atoms with van der Waals surface area (Å²) in [7, 11) is 0. The average Bonchev–Trinajstić information content (AvgIpc) is 3.58. The van der Waals surface area contributed by atoms with Crippen LogP contribution in [0.5, 0.6) is 11.5 Å². The summed E-state index contributed by atoms with van der Waals surface area (Å²) in [5, 5.41) is 7.67. The van der Waals surface area contributed by atoms with Gasteiger partial charge in [0.15, 0.2) is 11.5 Å². The lowest BCUT2D eigenvalue weighted by atomic mass is 9.99. The standard InChI is InChI=1S/C31H29FN4O4S/c1-3-19(2)33-26(37)16-35-27(38)17-41-30(21-9-14-24-25(15-21)40-18-39-24)28-29(20-7-5-4-6-8-20)34-36(31(28)35)23-12-10-22(32)11-13-23/h4-15,19,30H,3,16-18H2,1-2H3,(H,33,37). The topological polar surface area (TPSA) is 85.7 Å². The molecule has 1 N–H and O–H groups in total. The summed E-state index contributed by atoms with van der Waals surface area (Å²) in [6, 6.07) is 21.4. The van der Waals surface area contributed by atoms with Gasteiger partial charge in [0.25, 0.3) is 0 Å². The summed E-state index contributed by atoms with van der Waals surface area (Å²) in [4.78, 5) is 28.5. The van der Waals surface area contributed by atoms with Gasteiger partial charge in [0.2, 0.25) is 18.6 Å². The van der Waals surface area contributed by atoms with Crippen molar-refractivity contribution in [2.45, 2.75) is 31.6 Å². The second-order valence-corrected chi connectivity index (χ2v) is 11.1. The van der Waals surface area contributed by atoms with E-state index in [0.29, 0.717) is 28.7 Å². The first kappa shape index (κ1) is 26.9. The van der Waals surface area contributed by atoms with E-state index in [4.69, 9.17) is 14.6 Å². The minimum absolute atomic E-state index is 0.0401. The Bertz CT molecular complexity index is 1590. The first-order valence-corrected chi connectivity index (χ1v) is 14.5. The summed E-state index contributed by atoms with van der Waals surface area (Å²) in [5.41, 5.74) is 3.79. The Labute approximate surface area is 241 Å². The minimum Gasteiger partial charge on any atom is -0.454 e. The summed E-state index contributed by atoms with van der Waals surface area (Å²) >= 11 is 1.47. The molecule has 2 atom stereocenters. The molecule has 0 saturated carbocycles. The zero-order valence-corrected chi connectivity index (χ0v) is 23.5. The lowest BCUT2D eigenvalue weighted by Gasteiger charge is -2.24. The van der Waals surface area contributed by atoms with Gasteiger partial charge >= 0.3 is 0 Å².